The molecule has 0 heterocycles. The van der Waals surface area contributed by atoms with Gasteiger partial charge in [0.25, 0.3) is 0 Å². The van der Waals surface area contributed by atoms with E-state index in [1.54, 1.807) is 0 Å². The van der Waals surface area contributed by atoms with Crippen LogP contribution >= 0.6 is 0 Å². The predicted octanol–water partition coefficient (Wildman–Crippen LogP) is 3.50. The van der Waals surface area contributed by atoms with Gasteiger partial charge in [-0.3, -0.25) is 0 Å². The van der Waals surface area contributed by atoms with Gasteiger partial charge in [0.2, 0.25) is 0 Å². The van der Waals surface area contributed by atoms with Gasteiger partial charge in [-0.05, 0) is 36.8 Å². The zero-order valence-corrected chi connectivity index (χ0v) is 9.92. The van der Waals surface area contributed by atoms with Crippen molar-refractivity contribution in [3.05, 3.63) is 70.8 Å². The number of hydrogen-bond donors (Lipinski definition) is 1. The van der Waals surface area contributed by atoms with Crippen molar-refractivity contribution >= 4 is 0 Å². The van der Waals surface area contributed by atoms with E-state index in [1.807, 2.05) is 0 Å². The molecule has 5 heteroatoms. The maximum absolute atomic E-state index is 13.6. The summed E-state index contributed by atoms with van der Waals surface area (Å²) in [5.41, 5.74) is -2.39. The fraction of sp³-hybridized carbons (Fsp3) is 0.143. The number of halogens is 4. The van der Waals surface area contributed by atoms with E-state index in [1.165, 1.54) is 6.92 Å². The standard InChI is InChI=1S/C14H10F4O/c1-14(19,8-4-10(16)6-11(17)5-8)12-3-2-9(15)7-13(12)18/h2-7,19H,1H3. The first-order chi connectivity index (χ1) is 8.80. The molecule has 1 unspecified atom stereocenters. The average Bonchev–Trinajstić information content (AvgIpc) is 2.26. The zero-order valence-electron chi connectivity index (χ0n) is 9.92. The van der Waals surface area contributed by atoms with Crippen LogP contribution < -0.4 is 0 Å². The lowest BCUT2D eigenvalue weighted by atomic mass is 9.87. The van der Waals surface area contributed by atoms with Gasteiger partial charge in [0.05, 0.1) is 0 Å². The van der Waals surface area contributed by atoms with E-state index < -0.39 is 28.9 Å². The normalized spacial score (nSPS) is 14.2. The van der Waals surface area contributed by atoms with Crippen LogP contribution in [0.2, 0.25) is 0 Å². The van der Waals surface area contributed by atoms with Crippen molar-refractivity contribution in [2.24, 2.45) is 0 Å². The lowest BCUT2D eigenvalue weighted by Gasteiger charge is -2.25. The molecule has 0 radical (unpaired) electrons. The second-order valence-corrected chi connectivity index (χ2v) is 4.35. The van der Waals surface area contributed by atoms with Gasteiger partial charge in [0, 0.05) is 17.7 Å². The highest BCUT2D eigenvalue weighted by atomic mass is 19.1. The minimum absolute atomic E-state index is 0.157. The first kappa shape index (κ1) is 13.5. The highest BCUT2D eigenvalue weighted by Gasteiger charge is 2.30. The molecule has 0 saturated heterocycles. The summed E-state index contributed by atoms with van der Waals surface area (Å²) in [4.78, 5) is 0. The largest absolute Gasteiger partial charge is 0.381 e. The van der Waals surface area contributed by atoms with Gasteiger partial charge in [-0.15, -0.1) is 0 Å². The molecule has 0 aliphatic heterocycles. The van der Waals surface area contributed by atoms with Crippen LogP contribution in [0.4, 0.5) is 17.6 Å². The van der Waals surface area contributed by atoms with Gasteiger partial charge in [0.1, 0.15) is 28.9 Å². The third-order valence-electron chi connectivity index (χ3n) is 2.88. The summed E-state index contributed by atoms with van der Waals surface area (Å²) < 4.78 is 52.7. The molecule has 0 bridgehead atoms. The van der Waals surface area contributed by atoms with E-state index in [9.17, 15) is 22.7 Å². The highest BCUT2D eigenvalue weighted by molar-refractivity contribution is 5.36. The fourth-order valence-corrected chi connectivity index (χ4v) is 1.87. The second-order valence-electron chi connectivity index (χ2n) is 4.35. The van der Waals surface area contributed by atoms with Crippen molar-refractivity contribution < 1.29 is 22.7 Å². The SMILES string of the molecule is CC(O)(c1cc(F)cc(F)c1)c1ccc(F)cc1F. The first-order valence-electron chi connectivity index (χ1n) is 5.45. The third-order valence-corrected chi connectivity index (χ3v) is 2.88. The van der Waals surface area contributed by atoms with Crippen LogP contribution in [0.25, 0.3) is 0 Å². The van der Waals surface area contributed by atoms with Crippen LogP contribution in [0.1, 0.15) is 18.1 Å². The molecular weight excluding hydrogens is 260 g/mol. The van der Waals surface area contributed by atoms with Gasteiger partial charge in [-0.1, -0.05) is 0 Å². The Hall–Kier alpha value is -1.88. The molecule has 1 N–H and O–H groups in total. The molecular formula is C14H10F4O. The van der Waals surface area contributed by atoms with Crippen molar-refractivity contribution in [1.82, 2.24) is 0 Å². The van der Waals surface area contributed by atoms with Crippen LogP contribution in [0, 0.1) is 23.3 Å². The fourth-order valence-electron chi connectivity index (χ4n) is 1.87. The molecule has 0 spiro atoms. The number of benzene rings is 2. The topological polar surface area (TPSA) is 20.2 Å². The maximum Gasteiger partial charge on any atom is 0.132 e. The van der Waals surface area contributed by atoms with Crippen molar-refractivity contribution in [3.63, 3.8) is 0 Å². The number of rotatable bonds is 2. The Labute approximate surface area is 107 Å². The van der Waals surface area contributed by atoms with E-state index in [2.05, 4.69) is 0 Å². The Kier molecular flexibility index (Phi) is 3.32. The summed E-state index contributed by atoms with van der Waals surface area (Å²) in [5.74, 6) is -3.58. The highest BCUT2D eigenvalue weighted by Crippen LogP contribution is 2.32. The molecule has 0 aromatic heterocycles. The Morgan fingerprint density at radius 3 is 1.95 bits per heavy atom. The van der Waals surface area contributed by atoms with Gasteiger partial charge in [-0.2, -0.15) is 0 Å². The number of aliphatic hydroxyl groups is 1. The molecule has 1 atom stereocenters. The van der Waals surface area contributed by atoms with Crippen LogP contribution in [-0.4, -0.2) is 5.11 Å². The molecule has 2 aromatic carbocycles. The maximum atomic E-state index is 13.6. The molecule has 2 rings (SSSR count). The summed E-state index contributed by atoms with van der Waals surface area (Å²) in [6, 6.07) is 5.02. The van der Waals surface area contributed by atoms with Crippen LogP contribution in [-0.2, 0) is 5.60 Å². The smallest absolute Gasteiger partial charge is 0.132 e. The summed E-state index contributed by atoms with van der Waals surface area (Å²) in [5, 5.41) is 10.3. The quantitative estimate of drug-likeness (QED) is 0.828. The van der Waals surface area contributed by atoms with E-state index >= 15 is 0 Å². The molecule has 1 nitrogen and oxygen atoms in total. The van der Waals surface area contributed by atoms with E-state index in [0.717, 1.165) is 24.3 Å². The van der Waals surface area contributed by atoms with Gasteiger partial charge >= 0.3 is 0 Å². The Balaban J connectivity index is 2.57. The van der Waals surface area contributed by atoms with Crippen molar-refractivity contribution in [3.8, 4) is 0 Å². The summed E-state index contributed by atoms with van der Waals surface area (Å²) in [6.07, 6.45) is 0. The molecule has 100 valence electrons. The molecule has 0 amide bonds. The molecule has 0 saturated carbocycles. The summed E-state index contributed by atoms with van der Waals surface area (Å²) >= 11 is 0. The van der Waals surface area contributed by atoms with E-state index in [0.29, 0.717) is 12.1 Å². The van der Waals surface area contributed by atoms with Crippen LogP contribution in [0.5, 0.6) is 0 Å². The zero-order chi connectivity index (χ0) is 14.2. The molecule has 0 aliphatic carbocycles. The summed E-state index contributed by atoms with van der Waals surface area (Å²) in [6.45, 7) is 1.18. The first-order valence-corrected chi connectivity index (χ1v) is 5.45. The minimum atomic E-state index is -1.97. The summed E-state index contributed by atoms with van der Waals surface area (Å²) in [7, 11) is 0. The van der Waals surface area contributed by atoms with E-state index in [4.69, 9.17) is 0 Å². The second kappa shape index (κ2) is 4.66. The number of hydrogen-bond acceptors (Lipinski definition) is 1. The lowest BCUT2D eigenvalue weighted by molar-refractivity contribution is 0.0970. The molecule has 0 aliphatic rings. The molecule has 19 heavy (non-hydrogen) atoms. The predicted molar refractivity (Wildman–Crippen MR) is 61.4 cm³/mol. The van der Waals surface area contributed by atoms with Crippen molar-refractivity contribution in [1.29, 1.82) is 0 Å². The van der Waals surface area contributed by atoms with Gasteiger partial charge in [-0.25, -0.2) is 17.6 Å². The van der Waals surface area contributed by atoms with Gasteiger partial charge < -0.3 is 5.11 Å². The third kappa shape index (κ3) is 2.61. The monoisotopic (exact) mass is 270 g/mol. The Morgan fingerprint density at radius 1 is 0.842 bits per heavy atom. The van der Waals surface area contributed by atoms with Crippen LogP contribution in [0.15, 0.2) is 36.4 Å². The van der Waals surface area contributed by atoms with Crippen LogP contribution in [0.3, 0.4) is 0 Å². The Morgan fingerprint density at radius 2 is 1.42 bits per heavy atom. The van der Waals surface area contributed by atoms with Crippen molar-refractivity contribution in [2.45, 2.75) is 12.5 Å². The molecule has 2 aromatic rings. The minimum Gasteiger partial charge on any atom is -0.381 e. The lowest BCUT2D eigenvalue weighted by Crippen LogP contribution is -2.24. The molecule has 0 fully saturated rings. The van der Waals surface area contributed by atoms with E-state index in [-0.39, 0.29) is 11.1 Å². The van der Waals surface area contributed by atoms with Crippen molar-refractivity contribution in [2.75, 3.05) is 0 Å². The Bertz CT molecular complexity index is 603. The van der Waals surface area contributed by atoms with Gasteiger partial charge in [0.15, 0.2) is 0 Å². The average molecular weight is 270 g/mol.